The van der Waals surface area contributed by atoms with Crippen molar-refractivity contribution < 1.29 is 9.90 Å². The lowest BCUT2D eigenvalue weighted by molar-refractivity contribution is -0.107. The molecule has 1 N–H and O–H groups in total. The summed E-state index contributed by atoms with van der Waals surface area (Å²) in [6.45, 7) is 0. The topological polar surface area (TPSA) is 37.3 Å². The molecule has 4 aromatic carbocycles. The molecule has 0 fully saturated rings. The lowest BCUT2D eigenvalue weighted by atomic mass is 10.4. The molecule has 0 aromatic heterocycles. The molecule has 152 valence electrons. The quantitative estimate of drug-likeness (QED) is 0.244. The highest BCUT2D eigenvalue weighted by atomic mass is 31.1. The van der Waals surface area contributed by atoms with Crippen LogP contribution in [0.1, 0.15) is 0 Å². The molecule has 0 heterocycles. The number of benzene rings is 4. The van der Waals surface area contributed by atoms with Crippen LogP contribution in [0.4, 0.5) is 0 Å². The summed E-state index contributed by atoms with van der Waals surface area (Å²) in [6, 6.07) is 39.4. The van der Waals surface area contributed by atoms with Gasteiger partial charge in [0.15, 0.2) is 5.52 Å². The summed E-state index contributed by atoms with van der Waals surface area (Å²) >= 11 is 0. The van der Waals surface area contributed by atoms with Crippen molar-refractivity contribution in [3.8, 4) is 0 Å². The highest BCUT2D eigenvalue weighted by Crippen LogP contribution is 2.43. The molecule has 2 nitrogen and oxygen atoms in total. The molecule has 0 atom stereocenters. The number of hydrogen-bond donors (Lipinski definition) is 1. The van der Waals surface area contributed by atoms with Crippen molar-refractivity contribution in [1.29, 1.82) is 0 Å². The molecular formula is C27H22O2P2. The van der Waals surface area contributed by atoms with Crippen molar-refractivity contribution in [2.45, 2.75) is 0 Å². The number of rotatable bonds is 7. The van der Waals surface area contributed by atoms with E-state index in [1.807, 2.05) is 121 Å². The van der Waals surface area contributed by atoms with E-state index in [1.165, 1.54) is 6.08 Å². The summed E-state index contributed by atoms with van der Waals surface area (Å²) in [7, 11) is -2.47. The van der Waals surface area contributed by atoms with Gasteiger partial charge in [-0.15, -0.1) is 0 Å². The van der Waals surface area contributed by atoms with Gasteiger partial charge in [0, 0.05) is 21.9 Å². The van der Waals surface area contributed by atoms with E-state index in [-0.39, 0.29) is 11.0 Å². The van der Waals surface area contributed by atoms with Gasteiger partial charge in [0.05, 0.1) is 0 Å². The lowest BCUT2D eigenvalue weighted by Gasteiger charge is -2.19. The van der Waals surface area contributed by atoms with Gasteiger partial charge in [0.25, 0.3) is 0 Å². The van der Waals surface area contributed by atoms with Crippen LogP contribution in [0, 0.1) is 0 Å². The minimum absolute atomic E-state index is 0.0655. The highest BCUT2D eigenvalue weighted by Gasteiger charge is 2.24. The Labute approximate surface area is 185 Å². The maximum absolute atomic E-state index is 13.5. The molecule has 0 aliphatic rings. The predicted octanol–water partition coefficient (Wildman–Crippen LogP) is 5.18. The van der Waals surface area contributed by atoms with Gasteiger partial charge in [-0.3, -0.25) is 4.79 Å². The smallest absolute Gasteiger partial charge is 0.189 e. The Bertz CT molecular complexity index is 1070. The largest absolute Gasteiger partial charge is 0.507 e. The van der Waals surface area contributed by atoms with Crippen LogP contribution in [-0.2, 0) is 4.79 Å². The van der Waals surface area contributed by atoms with Crippen molar-refractivity contribution in [2.75, 3.05) is 0 Å². The predicted molar refractivity (Wildman–Crippen MR) is 134 cm³/mol. The summed E-state index contributed by atoms with van der Waals surface area (Å²) in [6.07, 6.45) is 1.46. The molecule has 0 amide bonds. The van der Waals surface area contributed by atoms with E-state index in [2.05, 4.69) is 0 Å². The van der Waals surface area contributed by atoms with Gasteiger partial charge in [-0.1, -0.05) is 121 Å². The number of carbonyl (C=O) groups is 1. The molecule has 0 radical (unpaired) electrons. The van der Waals surface area contributed by atoms with Crippen LogP contribution in [0.25, 0.3) is 0 Å². The summed E-state index contributed by atoms with van der Waals surface area (Å²) in [5.74, 6) is 0. The lowest BCUT2D eigenvalue weighted by Crippen LogP contribution is -2.18. The Morgan fingerprint density at radius 1 is 0.516 bits per heavy atom. The minimum Gasteiger partial charge on any atom is -0.507 e. The van der Waals surface area contributed by atoms with E-state index in [0.29, 0.717) is 0 Å². The van der Waals surface area contributed by atoms with Gasteiger partial charge < -0.3 is 5.11 Å². The Balaban J connectivity index is 1.75. The van der Waals surface area contributed by atoms with Crippen LogP contribution in [-0.4, -0.2) is 10.6 Å². The standard InChI is InChI=1S/C27H22O2P2/c28-26(30(22-13-5-1-6-14-22)23-15-7-2-8-16-23)21-27(29)31(24-17-9-3-10-18-24)25-19-11-4-12-20-25/h1-21,28H. The number of allylic oxidation sites excluding steroid dienone is 1. The van der Waals surface area contributed by atoms with Crippen molar-refractivity contribution in [3.63, 3.8) is 0 Å². The average Bonchev–Trinajstić information content (AvgIpc) is 2.82. The normalized spacial score (nSPS) is 11.6. The fourth-order valence-electron chi connectivity index (χ4n) is 3.36. The summed E-state index contributed by atoms with van der Waals surface area (Å²) in [4.78, 5) is 13.5. The maximum Gasteiger partial charge on any atom is 0.189 e. The van der Waals surface area contributed by atoms with Crippen LogP contribution in [0.5, 0.6) is 0 Å². The zero-order valence-electron chi connectivity index (χ0n) is 16.9. The fourth-order valence-corrected chi connectivity index (χ4v) is 7.48. The van der Waals surface area contributed by atoms with Crippen molar-refractivity contribution in [3.05, 3.63) is 133 Å². The molecule has 0 saturated heterocycles. The third kappa shape index (κ3) is 5.17. The molecule has 0 spiro atoms. The van der Waals surface area contributed by atoms with E-state index in [9.17, 15) is 9.90 Å². The number of carbonyl (C=O) groups excluding carboxylic acids is 1. The summed E-state index contributed by atoms with van der Waals surface area (Å²) < 4.78 is 0. The molecule has 4 heteroatoms. The van der Waals surface area contributed by atoms with Crippen molar-refractivity contribution in [2.24, 2.45) is 0 Å². The number of aliphatic hydroxyl groups is 1. The zero-order valence-corrected chi connectivity index (χ0v) is 18.7. The van der Waals surface area contributed by atoms with Gasteiger partial charge >= 0.3 is 0 Å². The molecule has 0 bridgehead atoms. The molecule has 4 rings (SSSR count). The third-order valence-corrected chi connectivity index (χ3v) is 9.17. The fraction of sp³-hybridized carbons (Fsp3) is 0. The van der Waals surface area contributed by atoms with Crippen LogP contribution >= 0.6 is 15.8 Å². The Morgan fingerprint density at radius 2 is 0.806 bits per heavy atom. The molecule has 31 heavy (non-hydrogen) atoms. The Kier molecular flexibility index (Phi) is 7.05. The average molecular weight is 440 g/mol. The Morgan fingerprint density at radius 3 is 1.13 bits per heavy atom. The second-order valence-electron chi connectivity index (χ2n) is 6.85. The molecular weight excluding hydrogens is 418 g/mol. The highest BCUT2D eigenvalue weighted by molar-refractivity contribution is 7.88. The first kappa shape index (κ1) is 21.2. The maximum atomic E-state index is 13.5. The first-order valence-electron chi connectivity index (χ1n) is 9.99. The molecule has 4 aromatic rings. The Hall–Kier alpha value is -3.05. The van der Waals surface area contributed by atoms with Gasteiger partial charge in [0.1, 0.15) is 5.50 Å². The van der Waals surface area contributed by atoms with Crippen molar-refractivity contribution in [1.82, 2.24) is 0 Å². The first-order valence-corrected chi connectivity index (χ1v) is 12.7. The van der Waals surface area contributed by atoms with Crippen LogP contribution in [0.15, 0.2) is 133 Å². The SMILES string of the molecule is O=C(C=C(O)P(c1ccccc1)c1ccccc1)P(c1ccccc1)c1ccccc1. The van der Waals surface area contributed by atoms with E-state index < -0.39 is 15.8 Å². The molecule has 0 unspecified atom stereocenters. The summed E-state index contributed by atoms with van der Waals surface area (Å²) in [5.41, 5.74) is 0.0565. The monoisotopic (exact) mass is 440 g/mol. The van der Waals surface area contributed by atoms with Gasteiger partial charge in [-0.2, -0.15) is 0 Å². The number of hydrogen-bond acceptors (Lipinski definition) is 2. The van der Waals surface area contributed by atoms with E-state index >= 15 is 0 Å². The zero-order chi connectivity index (χ0) is 21.5. The van der Waals surface area contributed by atoms with E-state index in [1.54, 1.807) is 0 Å². The molecule has 0 aliphatic heterocycles. The van der Waals surface area contributed by atoms with Crippen LogP contribution in [0.3, 0.4) is 0 Å². The van der Waals surface area contributed by atoms with Crippen LogP contribution < -0.4 is 21.2 Å². The molecule has 0 aliphatic carbocycles. The second kappa shape index (κ2) is 10.3. The minimum atomic E-state index is -1.27. The van der Waals surface area contributed by atoms with Crippen molar-refractivity contribution >= 4 is 42.6 Å². The van der Waals surface area contributed by atoms with E-state index in [4.69, 9.17) is 0 Å². The van der Waals surface area contributed by atoms with E-state index in [0.717, 1.165) is 21.2 Å². The van der Waals surface area contributed by atoms with Crippen LogP contribution in [0.2, 0.25) is 0 Å². The summed E-state index contributed by atoms with van der Waals surface area (Å²) in [5, 5.41) is 15.2. The second-order valence-corrected chi connectivity index (χ2v) is 11.2. The molecule has 0 saturated carbocycles. The van der Waals surface area contributed by atoms with Gasteiger partial charge in [0.2, 0.25) is 0 Å². The number of aliphatic hydroxyl groups excluding tert-OH is 1. The van der Waals surface area contributed by atoms with Gasteiger partial charge in [-0.05, 0) is 21.2 Å². The third-order valence-electron chi connectivity index (χ3n) is 4.76. The van der Waals surface area contributed by atoms with Gasteiger partial charge in [-0.25, -0.2) is 0 Å². The first-order chi connectivity index (χ1) is 15.2.